The van der Waals surface area contributed by atoms with Gasteiger partial charge < -0.3 is 5.73 Å². The lowest BCUT2D eigenvalue weighted by Gasteiger charge is -1.79. The van der Waals surface area contributed by atoms with Crippen LogP contribution >= 0.6 is 0 Å². The van der Waals surface area contributed by atoms with Crippen LogP contribution < -0.4 is 5.73 Å². The Hall–Kier alpha value is -0.500. The fourth-order valence-electron chi connectivity index (χ4n) is 0. The molecule has 6 N–H and O–H groups in total. The van der Waals surface area contributed by atoms with Crippen LogP contribution in [0.1, 0.15) is 0 Å². The maximum atomic E-state index is 9.46. The van der Waals surface area contributed by atoms with Gasteiger partial charge in [-0.05, 0) is 0 Å². The highest BCUT2D eigenvalue weighted by molar-refractivity contribution is 7.95. The molecule has 0 heterocycles. The van der Waals surface area contributed by atoms with E-state index in [2.05, 4.69) is 5.73 Å². The number of hydrogen-bond acceptors (Lipinski definition) is 4. The second-order valence-corrected chi connectivity index (χ2v) is 1.55. The Morgan fingerprint density at radius 2 is 1.75 bits per heavy atom. The number of amidine groups is 1. The molecule has 0 saturated heterocycles. The van der Waals surface area contributed by atoms with Crippen LogP contribution in [0, 0.1) is 5.41 Å². The maximum Gasteiger partial charge on any atom is 0.222 e. The lowest BCUT2D eigenvalue weighted by Crippen LogP contribution is -2.14. The monoisotopic (exact) mass is 142 g/mol. The van der Waals surface area contributed by atoms with Gasteiger partial charge in [0.2, 0.25) is 16.2 Å². The van der Waals surface area contributed by atoms with Gasteiger partial charge in [0.05, 0.1) is 0 Å². The smallest absolute Gasteiger partial charge is 0.222 e. The molecular formula is CH6N2O4S. The quantitative estimate of drug-likeness (QED) is 0.0986. The highest BCUT2D eigenvalue weighted by atomic mass is 32.2. The van der Waals surface area contributed by atoms with E-state index in [1.165, 1.54) is 0 Å². The summed E-state index contributed by atoms with van der Waals surface area (Å²) in [5.74, 6) is 0. The summed E-state index contributed by atoms with van der Waals surface area (Å²) in [7, 11) is 0. The summed E-state index contributed by atoms with van der Waals surface area (Å²) >= 11 is -2.26. The highest BCUT2D eigenvalue weighted by Crippen LogP contribution is 1.62. The minimum Gasteiger partial charge on any atom is -0.375 e. The molecule has 0 aromatic rings. The van der Waals surface area contributed by atoms with E-state index in [0.717, 1.165) is 0 Å². The van der Waals surface area contributed by atoms with Crippen molar-refractivity contribution in [2.45, 2.75) is 0 Å². The Balaban J connectivity index is 0. The average molecular weight is 142 g/mol. The molecule has 1 atom stereocenters. The SMILES string of the molecule is N=C(N)S(=O)O.OO. The molecule has 0 spiro atoms. The van der Waals surface area contributed by atoms with E-state index in [-0.39, 0.29) is 0 Å². The van der Waals surface area contributed by atoms with E-state index in [9.17, 15) is 4.21 Å². The summed E-state index contributed by atoms with van der Waals surface area (Å²) in [6.45, 7) is 0. The molecule has 0 fully saturated rings. The Bertz CT molecular complexity index is 80.0. The predicted octanol–water partition coefficient (Wildman–Crippen LogP) is -0.881. The second-order valence-electron chi connectivity index (χ2n) is 0.613. The molecule has 0 aliphatic heterocycles. The van der Waals surface area contributed by atoms with E-state index in [0.29, 0.717) is 0 Å². The van der Waals surface area contributed by atoms with E-state index < -0.39 is 16.2 Å². The Morgan fingerprint density at radius 1 is 1.62 bits per heavy atom. The van der Waals surface area contributed by atoms with Crippen molar-refractivity contribution in [3.63, 3.8) is 0 Å². The van der Waals surface area contributed by atoms with Gasteiger partial charge in [-0.25, -0.2) is 4.21 Å². The predicted molar refractivity (Wildman–Crippen MR) is 27.9 cm³/mol. The summed E-state index contributed by atoms with van der Waals surface area (Å²) in [5.41, 5.74) is 4.47. The molecule has 0 rings (SSSR count). The Kier molecular flexibility index (Phi) is 8.51. The normalized spacial score (nSPS) is 10.9. The van der Waals surface area contributed by atoms with Gasteiger partial charge in [0, 0.05) is 0 Å². The van der Waals surface area contributed by atoms with Crippen molar-refractivity contribution in [1.82, 2.24) is 0 Å². The maximum absolute atomic E-state index is 9.46. The Labute approximate surface area is 47.7 Å². The molecule has 0 amide bonds. The molecule has 0 bridgehead atoms. The van der Waals surface area contributed by atoms with Gasteiger partial charge in [-0.3, -0.25) is 20.5 Å². The molecular weight excluding hydrogens is 136 g/mol. The highest BCUT2D eigenvalue weighted by Gasteiger charge is 1.90. The van der Waals surface area contributed by atoms with Gasteiger partial charge in [0.15, 0.2) is 0 Å². The van der Waals surface area contributed by atoms with Crippen molar-refractivity contribution >= 4 is 16.2 Å². The van der Waals surface area contributed by atoms with Crippen LogP contribution in [0.25, 0.3) is 0 Å². The van der Waals surface area contributed by atoms with Crippen LogP contribution in [0.4, 0.5) is 0 Å². The minimum absolute atomic E-state index is 0.713. The van der Waals surface area contributed by atoms with Gasteiger partial charge in [-0.1, -0.05) is 0 Å². The number of hydrogen-bond donors (Lipinski definition) is 5. The summed E-state index contributed by atoms with van der Waals surface area (Å²) in [6.07, 6.45) is 0. The standard InChI is InChI=1S/CH4N2O2S.H2O2/c2-1(3)6(4)5;1-2/h(H3,2,3)(H,4,5);1-2H. The fraction of sp³-hybridized carbons (Fsp3) is 0. The first-order valence-electron chi connectivity index (χ1n) is 1.29. The zero-order valence-electron chi connectivity index (χ0n) is 3.74. The molecule has 0 aliphatic carbocycles. The number of nitrogens with one attached hydrogen (secondary N) is 1. The molecule has 6 nitrogen and oxygen atoms in total. The number of nitrogens with two attached hydrogens (primary N) is 1. The van der Waals surface area contributed by atoms with Crippen molar-refractivity contribution in [1.29, 1.82) is 5.41 Å². The molecule has 0 saturated carbocycles. The zero-order valence-corrected chi connectivity index (χ0v) is 4.55. The third-order valence-electron chi connectivity index (χ3n) is 0.188. The van der Waals surface area contributed by atoms with Crippen molar-refractivity contribution in [2.24, 2.45) is 5.73 Å². The summed E-state index contributed by atoms with van der Waals surface area (Å²) in [4.78, 5) is 0. The fourth-order valence-corrected chi connectivity index (χ4v) is 0. The third kappa shape index (κ3) is 9.09. The van der Waals surface area contributed by atoms with Crippen LogP contribution in [-0.2, 0) is 11.1 Å². The average Bonchev–Trinajstić information content (AvgIpc) is 1.72. The first-order valence-corrected chi connectivity index (χ1v) is 2.40. The first kappa shape index (κ1) is 10.5. The van der Waals surface area contributed by atoms with Gasteiger partial charge in [-0.15, -0.1) is 0 Å². The molecule has 0 aliphatic rings. The lowest BCUT2D eigenvalue weighted by atomic mass is 11.4. The van der Waals surface area contributed by atoms with Crippen molar-refractivity contribution in [3.8, 4) is 0 Å². The van der Waals surface area contributed by atoms with E-state index in [1.54, 1.807) is 0 Å². The molecule has 0 aromatic carbocycles. The van der Waals surface area contributed by atoms with Gasteiger partial charge in [0.25, 0.3) is 0 Å². The minimum atomic E-state index is -2.26. The molecule has 1 unspecified atom stereocenters. The molecule has 8 heavy (non-hydrogen) atoms. The Morgan fingerprint density at radius 3 is 1.75 bits per heavy atom. The van der Waals surface area contributed by atoms with Gasteiger partial charge in [-0.2, -0.15) is 0 Å². The summed E-state index contributed by atoms with van der Waals surface area (Å²) in [6, 6.07) is 0. The van der Waals surface area contributed by atoms with Gasteiger partial charge >= 0.3 is 0 Å². The molecule has 50 valence electrons. The van der Waals surface area contributed by atoms with Crippen molar-refractivity contribution in [3.05, 3.63) is 0 Å². The molecule has 7 heteroatoms. The second kappa shape index (κ2) is 6.50. The van der Waals surface area contributed by atoms with E-state index >= 15 is 0 Å². The van der Waals surface area contributed by atoms with Crippen molar-refractivity contribution in [2.75, 3.05) is 0 Å². The summed E-state index contributed by atoms with van der Waals surface area (Å²) < 4.78 is 17.2. The first-order chi connectivity index (χ1) is 3.64. The van der Waals surface area contributed by atoms with Crippen LogP contribution in [0.5, 0.6) is 0 Å². The largest absolute Gasteiger partial charge is 0.375 e. The van der Waals surface area contributed by atoms with Crippen LogP contribution in [0.2, 0.25) is 0 Å². The van der Waals surface area contributed by atoms with Gasteiger partial charge in [0.1, 0.15) is 0 Å². The van der Waals surface area contributed by atoms with Crippen molar-refractivity contribution < 1.29 is 19.3 Å². The van der Waals surface area contributed by atoms with Crippen LogP contribution in [0.3, 0.4) is 0 Å². The van der Waals surface area contributed by atoms with E-state index in [4.69, 9.17) is 20.5 Å². The lowest BCUT2D eigenvalue weighted by molar-refractivity contribution is -0.176. The summed E-state index contributed by atoms with van der Waals surface area (Å²) in [5, 5.41) is 17.5. The molecule has 0 radical (unpaired) electrons. The van der Waals surface area contributed by atoms with Crippen LogP contribution in [0.15, 0.2) is 0 Å². The zero-order chi connectivity index (χ0) is 7.15. The van der Waals surface area contributed by atoms with Crippen LogP contribution in [-0.4, -0.2) is 24.4 Å². The third-order valence-corrected chi connectivity index (χ3v) is 0.564. The molecule has 0 aromatic heterocycles. The number of rotatable bonds is 0. The topological polar surface area (TPSA) is 128 Å². The van der Waals surface area contributed by atoms with E-state index in [1.807, 2.05) is 0 Å².